The van der Waals surface area contributed by atoms with Gasteiger partial charge in [0.2, 0.25) is 0 Å². The normalized spacial score (nSPS) is 19.2. The molecule has 4 aromatic rings. The third kappa shape index (κ3) is 5.03. The smallest absolute Gasteiger partial charge is 0.260 e. The van der Waals surface area contributed by atoms with Crippen molar-refractivity contribution < 1.29 is 9.53 Å². The van der Waals surface area contributed by atoms with Crippen LogP contribution in [-0.2, 0) is 4.79 Å². The number of thiophene rings is 1. The number of fused-ring (bicyclic) bond motifs is 3. The summed E-state index contributed by atoms with van der Waals surface area (Å²) in [5.74, 6) is 2.61. The number of rotatable bonds is 5. The van der Waals surface area contributed by atoms with E-state index in [4.69, 9.17) is 9.73 Å². The first-order valence-electron chi connectivity index (χ1n) is 15.2. The second-order valence-electron chi connectivity index (χ2n) is 12.3. The molecule has 0 radical (unpaired) electrons. The van der Waals surface area contributed by atoms with Gasteiger partial charge >= 0.3 is 0 Å². The Bertz CT molecular complexity index is 1680. The van der Waals surface area contributed by atoms with Crippen molar-refractivity contribution in [1.82, 2.24) is 19.7 Å². The van der Waals surface area contributed by atoms with Crippen LogP contribution in [0.1, 0.15) is 65.4 Å². The van der Waals surface area contributed by atoms with E-state index < -0.39 is 0 Å². The minimum Gasteiger partial charge on any atom is -0.484 e. The molecule has 43 heavy (non-hydrogen) atoms. The monoisotopic (exact) mass is 594 g/mol. The molecule has 1 amide bonds. The lowest BCUT2D eigenvalue weighted by molar-refractivity contribution is -0.135. The van der Waals surface area contributed by atoms with Crippen LogP contribution in [-0.4, -0.2) is 64.1 Å². The number of ether oxygens (including phenoxy) is 1. The van der Waals surface area contributed by atoms with Gasteiger partial charge in [0.1, 0.15) is 22.6 Å². The van der Waals surface area contributed by atoms with E-state index >= 15 is 0 Å². The Balaban J connectivity index is 1.03. The van der Waals surface area contributed by atoms with Crippen LogP contribution in [0.2, 0.25) is 0 Å². The number of nitrogens with zero attached hydrogens (tertiary/aromatic N) is 6. The first-order valence-corrected chi connectivity index (χ1v) is 16.0. The minimum atomic E-state index is -0.0868. The standard InChI is InChI=1S/C34H38N6O2S/c1-22-24(3)43-33-30(22)31(35-23(2)32-37-36-25(4)40(32)33)26-10-12-27(13-11-26)39-19-16-34(21-39)14-17-38(18-15-34)29(41)20-42-28-8-6-5-7-9-28/h5-13,23H,14-21H2,1-4H3/t23-/m0/s1. The molecule has 0 bridgehead atoms. The number of hydrogen-bond acceptors (Lipinski definition) is 7. The number of carbonyl (C=O) groups is 1. The van der Waals surface area contributed by atoms with Crippen molar-refractivity contribution in [3.63, 3.8) is 0 Å². The zero-order chi connectivity index (χ0) is 29.7. The van der Waals surface area contributed by atoms with E-state index in [2.05, 4.69) is 64.7 Å². The minimum absolute atomic E-state index is 0.0778. The Morgan fingerprint density at radius 1 is 0.977 bits per heavy atom. The van der Waals surface area contributed by atoms with Crippen molar-refractivity contribution >= 4 is 28.6 Å². The highest BCUT2D eigenvalue weighted by Crippen LogP contribution is 2.43. The largest absolute Gasteiger partial charge is 0.484 e. The molecule has 3 aliphatic heterocycles. The number of para-hydroxylation sites is 1. The first-order chi connectivity index (χ1) is 20.8. The van der Waals surface area contributed by atoms with Crippen molar-refractivity contribution in [2.75, 3.05) is 37.7 Å². The molecule has 2 aromatic heterocycles. The summed E-state index contributed by atoms with van der Waals surface area (Å²) in [5.41, 5.74) is 6.15. The Kier molecular flexibility index (Phi) is 7.08. The van der Waals surface area contributed by atoms with Crippen LogP contribution in [0.5, 0.6) is 5.75 Å². The van der Waals surface area contributed by atoms with E-state index in [1.807, 2.05) is 42.2 Å². The van der Waals surface area contributed by atoms with E-state index in [0.717, 1.165) is 79.1 Å². The number of piperidine rings is 1. The van der Waals surface area contributed by atoms with Crippen molar-refractivity contribution in [3.05, 3.63) is 87.8 Å². The van der Waals surface area contributed by atoms with Crippen molar-refractivity contribution in [1.29, 1.82) is 0 Å². The number of carbonyl (C=O) groups excluding carboxylic acids is 1. The molecule has 0 N–H and O–H groups in total. The molecule has 0 unspecified atom stereocenters. The van der Waals surface area contributed by atoms with Crippen LogP contribution in [0.25, 0.3) is 5.00 Å². The van der Waals surface area contributed by atoms with E-state index in [-0.39, 0.29) is 24.0 Å². The number of amides is 1. The highest BCUT2D eigenvalue weighted by molar-refractivity contribution is 7.15. The van der Waals surface area contributed by atoms with Crippen LogP contribution in [0.3, 0.4) is 0 Å². The number of hydrogen-bond donors (Lipinski definition) is 0. The highest BCUT2D eigenvalue weighted by atomic mass is 32.1. The Labute approximate surface area is 257 Å². The van der Waals surface area contributed by atoms with E-state index in [1.165, 1.54) is 21.7 Å². The lowest BCUT2D eigenvalue weighted by Crippen LogP contribution is -2.45. The molecule has 0 aliphatic carbocycles. The Hall–Kier alpha value is -3.98. The van der Waals surface area contributed by atoms with Gasteiger partial charge < -0.3 is 14.5 Å². The number of anilines is 1. The van der Waals surface area contributed by atoms with Gasteiger partial charge in [-0.15, -0.1) is 21.5 Å². The van der Waals surface area contributed by atoms with Crippen molar-refractivity contribution in [3.8, 4) is 10.8 Å². The maximum atomic E-state index is 12.8. The van der Waals surface area contributed by atoms with Gasteiger partial charge in [0.25, 0.3) is 5.91 Å². The SMILES string of the molecule is Cc1sc2c(c1C)C(c1ccc(N3CCC4(CCN(C(=O)COc5ccccc5)CC4)C3)cc1)=N[C@@H](C)c1nnc(C)n1-2. The summed E-state index contributed by atoms with van der Waals surface area (Å²) in [6.45, 7) is 12.3. The van der Waals surface area contributed by atoms with Gasteiger partial charge in [-0.1, -0.05) is 30.3 Å². The first kappa shape index (κ1) is 27.8. The zero-order valence-corrected chi connectivity index (χ0v) is 26.2. The fourth-order valence-electron chi connectivity index (χ4n) is 6.86. The zero-order valence-electron chi connectivity index (χ0n) is 25.3. The molecule has 8 nitrogen and oxygen atoms in total. The molecule has 0 saturated carbocycles. The van der Waals surface area contributed by atoms with Crippen LogP contribution in [0.15, 0.2) is 59.6 Å². The molecule has 1 atom stereocenters. The predicted octanol–water partition coefficient (Wildman–Crippen LogP) is 6.06. The molecule has 3 aliphatic rings. The maximum Gasteiger partial charge on any atom is 0.260 e. The predicted molar refractivity (Wildman–Crippen MR) is 171 cm³/mol. The third-order valence-corrected chi connectivity index (χ3v) is 10.8. The molecular formula is C34H38N6O2S. The van der Waals surface area contributed by atoms with Gasteiger partial charge in [0.15, 0.2) is 12.4 Å². The topological polar surface area (TPSA) is 75.8 Å². The van der Waals surface area contributed by atoms with Crippen molar-refractivity contribution in [2.24, 2.45) is 10.4 Å². The van der Waals surface area contributed by atoms with Gasteiger partial charge in [-0.05, 0) is 82.2 Å². The number of aryl methyl sites for hydroxylation is 2. The third-order valence-electron chi connectivity index (χ3n) is 9.58. The molecule has 7 rings (SSSR count). The fraction of sp³-hybridized carbons (Fsp3) is 0.412. The number of aromatic nitrogens is 3. The average Bonchev–Trinajstić information content (AvgIpc) is 3.68. The van der Waals surface area contributed by atoms with Gasteiger partial charge in [-0.3, -0.25) is 14.4 Å². The van der Waals surface area contributed by atoms with E-state index in [9.17, 15) is 4.79 Å². The molecule has 2 aromatic carbocycles. The van der Waals surface area contributed by atoms with Crippen LogP contribution in [0.4, 0.5) is 5.69 Å². The van der Waals surface area contributed by atoms with Crippen LogP contribution >= 0.6 is 11.3 Å². The van der Waals surface area contributed by atoms with Gasteiger partial charge in [-0.25, -0.2) is 0 Å². The Morgan fingerprint density at radius 2 is 1.70 bits per heavy atom. The summed E-state index contributed by atoms with van der Waals surface area (Å²) < 4.78 is 7.90. The lowest BCUT2D eigenvalue weighted by atomic mass is 9.78. The summed E-state index contributed by atoms with van der Waals surface area (Å²) >= 11 is 1.79. The van der Waals surface area contributed by atoms with Gasteiger partial charge in [-0.2, -0.15) is 0 Å². The highest BCUT2D eigenvalue weighted by Gasteiger charge is 2.41. The second kappa shape index (κ2) is 10.9. The molecular weight excluding hydrogens is 556 g/mol. The maximum absolute atomic E-state index is 12.8. The molecule has 1 spiro atoms. The molecule has 2 fully saturated rings. The lowest BCUT2D eigenvalue weighted by Gasteiger charge is -2.39. The molecule has 2 saturated heterocycles. The summed E-state index contributed by atoms with van der Waals surface area (Å²) in [4.78, 5) is 23.8. The van der Waals surface area contributed by atoms with Crippen molar-refractivity contribution in [2.45, 2.75) is 53.0 Å². The van der Waals surface area contributed by atoms with Crippen LogP contribution < -0.4 is 9.64 Å². The number of aliphatic imine (C=N–C) groups is 1. The quantitative estimate of drug-likeness (QED) is 0.281. The van der Waals surface area contributed by atoms with E-state index in [0.29, 0.717) is 0 Å². The number of likely N-dealkylation sites (tertiary alicyclic amines) is 1. The summed E-state index contributed by atoms with van der Waals surface area (Å²) in [7, 11) is 0. The molecule has 5 heterocycles. The van der Waals surface area contributed by atoms with E-state index in [1.54, 1.807) is 11.3 Å². The molecule has 222 valence electrons. The fourth-order valence-corrected chi connectivity index (χ4v) is 8.07. The number of benzene rings is 2. The summed E-state index contributed by atoms with van der Waals surface area (Å²) in [6.07, 6.45) is 3.24. The molecule has 9 heteroatoms. The summed E-state index contributed by atoms with van der Waals surface area (Å²) in [6, 6.07) is 18.5. The van der Waals surface area contributed by atoms with Gasteiger partial charge in [0.05, 0.1) is 5.71 Å². The van der Waals surface area contributed by atoms with Gasteiger partial charge in [0, 0.05) is 47.9 Å². The average molecular weight is 595 g/mol. The second-order valence-corrected chi connectivity index (χ2v) is 13.5. The Morgan fingerprint density at radius 3 is 2.44 bits per heavy atom. The van der Waals surface area contributed by atoms with Crippen LogP contribution in [0, 0.1) is 26.2 Å². The summed E-state index contributed by atoms with van der Waals surface area (Å²) in [5, 5.41) is 10.0.